The van der Waals surface area contributed by atoms with E-state index in [1.165, 1.54) is 12.0 Å². The zero-order valence-electron chi connectivity index (χ0n) is 24.8. The highest BCUT2D eigenvalue weighted by atomic mass is 16.5. The summed E-state index contributed by atoms with van der Waals surface area (Å²) < 4.78 is 6.52. The first kappa shape index (κ1) is 28.6. The number of rotatable bonds is 9. The number of amides is 3. The summed E-state index contributed by atoms with van der Waals surface area (Å²) >= 11 is 0. The molecule has 8 heteroatoms. The van der Waals surface area contributed by atoms with Crippen LogP contribution in [0.1, 0.15) is 48.8 Å². The Labute approximate surface area is 248 Å². The number of aryl methyl sites for hydroxylation is 2. The van der Waals surface area contributed by atoms with Crippen molar-refractivity contribution in [2.24, 2.45) is 11.8 Å². The number of likely N-dealkylation sites (N-methyl/N-ethyl adjacent to an activating group) is 1. The maximum Gasteiger partial charge on any atom is 0.246 e. The van der Waals surface area contributed by atoms with Crippen molar-refractivity contribution in [2.45, 2.75) is 76.3 Å². The topological polar surface area (TPSA) is 91.0 Å². The molecule has 42 heavy (non-hydrogen) atoms. The number of fused-ring (bicyclic) bond motifs is 1. The minimum atomic E-state index is -1.15. The van der Waals surface area contributed by atoms with Crippen LogP contribution >= 0.6 is 0 Å². The highest BCUT2D eigenvalue weighted by Gasteiger charge is 2.72. The Balaban J connectivity index is 1.25. The zero-order valence-corrected chi connectivity index (χ0v) is 24.8. The van der Waals surface area contributed by atoms with Gasteiger partial charge in [-0.05, 0) is 62.6 Å². The standard InChI is InChI=1S/C34H42N4O4/c1-22-14-15-26(20-23(22)2)36-31(39)28-27-16-17-34(42-27)29(28)33(41)38(19-18-37(3)21-24-10-6-4-7-11-24)30(34)32(40)35-25-12-8-5-9-13-25/h4,6-7,10-11,14-17,20,25,27-30H,5,8-9,12-13,18-19,21H2,1-3H3,(H,35,40)(H,36,39)/t27-,28+,29-,30+,34-/m0/s1. The van der Waals surface area contributed by atoms with Gasteiger partial charge in [0.25, 0.3) is 0 Å². The van der Waals surface area contributed by atoms with Gasteiger partial charge in [-0.3, -0.25) is 14.4 Å². The van der Waals surface area contributed by atoms with Crippen LogP contribution in [0.15, 0.2) is 60.7 Å². The van der Waals surface area contributed by atoms with Crippen LogP contribution in [0.2, 0.25) is 0 Å². The van der Waals surface area contributed by atoms with Gasteiger partial charge in [0.05, 0.1) is 17.9 Å². The fraction of sp³-hybridized carbons (Fsp3) is 0.500. The average molecular weight is 571 g/mol. The summed E-state index contributed by atoms with van der Waals surface area (Å²) in [5.74, 6) is -2.06. The molecule has 3 amide bonds. The normalized spacial score (nSPS) is 28.4. The van der Waals surface area contributed by atoms with Crippen LogP contribution in [0.4, 0.5) is 5.69 Å². The van der Waals surface area contributed by atoms with Crippen molar-refractivity contribution < 1.29 is 19.1 Å². The first-order chi connectivity index (χ1) is 20.3. The predicted octanol–water partition coefficient (Wildman–Crippen LogP) is 3.97. The molecule has 2 bridgehead atoms. The van der Waals surface area contributed by atoms with Gasteiger partial charge in [-0.2, -0.15) is 0 Å². The second kappa shape index (κ2) is 11.7. The third-order valence-corrected chi connectivity index (χ3v) is 9.67. The highest BCUT2D eigenvalue weighted by molar-refractivity contribution is 6.02. The Morgan fingerprint density at radius 1 is 1.02 bits per heavy atom. The summed E-state index contributed by atoms with van der Waals surface area (Å²) in [7, 11) is 2.02. The van der Waals surface area contributed by atoms with Crippen LogP contribution in [-0.4, -0.2) is 71.4 Å². The maximum absolute atomic E-state index is 14.2. The Hall–Kier alpha value is -3.49. The zero-order chi connectivity index (χ0) is 29.4. The maximum atomic E-state index is 14.2. The lowest BCUT2D eigenvalue weighted by Gasteiger charge is -2.34. The molecule has 3 heterocycles. The number of hydrogen-bond donors (Lipinski definition) is 2. The molecule has 1 saturated carbocycles. The summed E-state index contributed by atoms with van der Waals surface area (Å²) in [6.07, 6.45) is 8.49. The molecule has 2 aromatic carbocycles. The highest BCUT2D eigenvalue weighted by Crippen LogP contribution is 2.55. The molecule has 222 valence electrons. The monoisotopic (exact) mass is 570 g/mol. The predicted molar refractivity (Wildman–Crippen MR) is 162 cm³/mol. The Kier molecular flexibility index (Phi) is 7.94. The molecule has 2 N–H and O–H groups in total. The molecule has 3 aliphatic heterocycles. The molecule has 8 nitrogen and oxygen atoms in total. The molecule has 1 spiro atoms. The van der Waals surface area contributed by atoms with E-state index in [4.69, 9.17) is 4.74 Å². The van der Waals surface area contributed by atoms with Crippen molar-refractivity contribution in [3.8, 4) is 0 Å². The lowest BCUT2D eigenvalue weighted by atomic mass is 9.74. The molecule has 4 aliphatic rings. The van der Waals surface area contributed by atoms with Crippen molar-refractivity contribution >= 4 is 23.4 Å². The quantitative estimate of drug-likeness (QED) is 0.446. The smallest absolute Gasteiger partial charge is 0.246 e. The van der Waals surface area contributed by atoms with E-state index in [2.05, 4.69) is 27.7 Å². The molecule has 0 unspecified atom stereocenters. The molecule has 1 aliphatic carbocycles. The first-order valence-corrected chi connectivity index (χ1v) is 15.4. The summed E-state index contributed by atoms with van der Waals surface area (Å²) in [5.41, 5.74) is 2.95. The second-order valence-corrected chi connectivity index (χ2v) is 12.6. The number of ether oxygens (including phenoxy) is 1. The summed E-state index contributed by atoms with van der Waals surface area (Å²) in [6.45, 7) is 5.72. The Morgan fingerprint density at radius 2 is 1.79 bits per heavy atom. The van der Waals surface area contributed by atoms with Gasteiger partial charge in [-0.15, -0.1) is 0 Å². The molecular weight excluding hydrogens is 528 g/mol. The number of nitrogens with one attached hydrogen (secondary N) is 2. The Morgan fingerprint density at radius 3 is 2.52 bits per heavy atom. The van der Waals surface area contributed by atoms with Crippen molar-refractivity contribution in [1.82, 2.24) is 15.1 Å². The van der Waals surface area contributed by atoms with Gasteiger partial charge in [0.2, 0.25) is 17.7 Å². The van der Waals surface area contributed by atoms with Crippen LogP contribution in [0.3, 0.4) is 0 Å². The van der Waals surface area contributed by atoms with Crippen molar-refractivity contribution in [3.05, 3.63) is 77.4 Å². The van der Waals surface area contributed by atoms with E-state index in [1.54, 1.807) is 4.90 Å². The summed E-state index contributed by atoms with van der Waals surface area (Å²) in [6, 6.07) is 15.3. The van der Waals surface area contributed by atoms with E-state index >= 15 is 0 Å². The van der Waals surface area contributed by atoms with E-state index < -0.39 is 29.6 Å². The first-order valence-electron chi connectivity index (χ1n) is 15.4. The van der Waals surface area contributed by atoms with E-state index in [0.29, 0.717) is 18.8 Å². The number of anilines is 1. The fourth-order valence-corrected chi connectivity index (χ4v) is 7.33. The van der Waals surface area contributed by atoms with Crippen LogP contribution in [0, 0.1) is 25.7 Å². The minimum Gasteiger partial charge on any atom is -0.359 e. The van der Waals surface area contributed by atoms with E-state index in [1.807, 2.05) is 69.4 Å². The minimum absolute atomic E-state index is 0.103. The van der Waals surface area contributed by atoms with Gasteiger partial charge in [-0.25, -0.2) is 0 Å². The summed E-state index contributed by atoms with van der Waals surface area (Å²) in [5, 5.41) is 6.30. The van der Waals surface area contributed by atoms with Crippen molar-refractivity contribution in [1.29, 1.82) is 0 Å². The molecule has 5 atom stereocenters. The molecule has 2 saturated heterocycles. The number of carbonyl (C=O) groups excluding carboxylic acids is 3. The van der Waals surface area contributed by atoms with Crippen LogP contribution in [0.25, 0.3) is 0 Å². The third kappa shape index (κ3) is 5.26. The fourth-order valence-electron chi connectivity index (χ4n) is 7.33. The molecule has 0 aromatic heterocycles. The van der Waals surface area contributed by atoms with Gasteiger partial charge >= 0.3 is 0 Å². The van der Waals surface area contributed by atoms with Crippen LogP contribution in [-0.2, 0) is 25.7 Å². The number of carbonyl (C=O) groups is 3. The number of nitrogens with zero attached hydrogens (tertiary/aromatic N) is 2. The number of hydrogen-bond acceptors (Lipinski definition) is 5. The van der Waals surface area contributed by atoms with Gasteiger partial charge in [-0.1, -0.05) is 67.8 Å². The lowest BCUT2D eigenvalue weighted by Crippen LogP contribution is -2.57. The molecular formula is C34H42N4O4. The molecule has 2 aromatic rings. The van der Waals surface area contributed by atoms with E-state index in [-0.39, 0.29) is 23.8 Å². The van der Waals surface area contributed by atoms with Gasteiger partial charge in [0.15, 0.2) is 0 Å². The third-order valence-electron chi connectivity index (χ3n) is 9.67. The van der Waals surface area contributed by atoms with Crippen molar-refractivity contribution in [2.75, 3.05) is 25.5 Å². The summed E-state index contributed by atoms with van der Waals surface area (Å²) in [4.78, 5) is 45.9. The van der Waals surface area contributed by atoms with E-state index in [0.717, 1.165) is 43.4 Å². The Bertz CT molecular complexity index is 1370. The SMILES string of the molecule is Cc1ccc(NC(=O)[C@@H]2[C@@H]3C=C[C@]4(O3)[C@@H]2C(=O)N(CCN(C)Cc2ccccc2)[C@@H]4C(=O)NC2CCCCC2)cc1C. The van der Waals surface area contributed by atoms with Gasteiger partial charge < -0.3 is 25.2 Å². The number of benzene rings is 2. The van der Waals surface area contributed by atoms with Crippen LogP contribution < -0.4 is 10.6 Å². The number of likely N-dealkylation sites (tertiary alicyclic amines) is 1. The van der Waals surface area contributed by atoms with Crippen molar-refractivity contribution in [3.63, 3.8) is 0 Å². The lowest BCUT2D eigenvalue weighted by molar-refractivity contribution is -0.141. The van der Waals surface area contributed by atoms with Gasteiger partial charge in [0, 0.05) is 31.4 Å². The molecule has 3 fully saturated rings. The second-order valence-electron chi connectivity index (χ2n) is 12.6. The molecule has 0 radical (unpaired) electrons. The van der Waals surface area contributed by atoms with Crippen LogP contribution in [0.5, 0.6) is 0 Å². The van der Waals surface area contributed by atoms with E-state index in [9.17, 15) is 14.4 Å². The van der Waals surface area contributed by atoms with Gasteiger partial charge in [0.1, 0.15) is 11.6 Å². The molecule has 6 rings (SSSR count). The average Bonchev–Trinajstić information content (AvgIpc) is 3.62. The largest absolute Gasteiger partial charge is 0.359 e.